The number of benzene rings is 1. The van der Waals surface area contributed by atoms with Crippen LogP contribution < -0.4 is 4.90 Å². The van der Waals surface area contributed by atoms with Crippen LogP contribution in [0.4, 0.5) is 10.5 Å². The maximum atomic E-state index is 10.9. The van der Waals surface area contributed by atoms with Crippen molar-refractivity contribution in [2.75, 3.05) is 11.9 Å². The fourth-order valence-electron chi connectivity index (χ4n) is 1.15. The van der Waals surface area contributed by atoms with Crippen molar-refractivity contribution in [1.82, 2.24) is 4.98 Å². The lowest BCUT2D eigenvalue weighted by Crippen LogP contribution is -2.19. The van der Waals surface area contributed by atoms with Crippen LogP contribution >= 0.6 is 11.6 Å². The molecule has 0 bridgehead atoms. The first kappa shape index (κ1) is 9.02. The number of fused-ring (bicyclic) bond motifs is 1. The van der Waals surface area contributed by atoms with E-state index in [0.29, 0.717) is 11.3 Å². The quantitative estimate of drug-likeness (QED) is 0.537. The van der Waals surface area contributed by atoms with Gasteiger partial charge in [-0.05, 0) is 23.7 Å². The van der Waals surface area contributed by atoms with Crippen molar-refractivity contribution < 1.29 is 9.21 Å². The molecule has 0 radical (unpaired) electrons. The van der Waals surface area contributed by atoms with Gasteiger partial charge in [0.1, 0.15) is 5.52 Å². The number of rotatable bonds is 1. The first-order valence-corrected chi connectivity index (χ1v) is 4.33. The Morgan fingerprint density at radius 1 is 1.57 bits per heavy atom. The van der Waals surface area contributed by atoms with E-state index in [0.717, 1.165) is 5.52 Å². The molecule has 2 aromatic rings. The summed E-state index contributed by atoms with van der Waals surface area (Å²) in [6.07, 6.45) is 1.36. The van der Waals surface area contributed by atoms with Crippen LogP contribution in [0.5, 0.6) is 0 Å². The van der Waals surface area contributed by atoms with Crippen molar-refractivity contribution >= 4 is 33.8 Å². The van der Waals surface area contributed by atoms with Crippen LogP contribution in [0.3, 0.4) is 0 Å². The van der Waals surface area contributed by atoms with Crippen LogP contribution in [0, 0.1) is 0 Å². The van der Waals surface area contributed by atoms with E-state index in [1.165, 1.54) is 11.3 Å². The van der Waals surface area contributed by atoms with Crippen molar-refractivity contribution in [1.29, 1.82) is 0 Å². The summed E-state index contributed by atoms with van der Waals surface area (Å²) in [6, 6.07) is 5.23. The van der Waals surface area contributed by atoms with Gasteiger partial charge >= 0.3 is 5.37 Å². The summed E-state index contributed by atoms with van der Waals surface area (Å²) < 4.78 is 5.10. The number of anilines is 1. The second-order valence-electron chi connectivity index (χ2n) is 2.82. The minimum absolute atomic E-state index is 0.538. The number of aromatic nitrogens is 1. The Balaban J connectivity index is 2.48. The zero-order valence-corrected chi connectivity index (χ0v) is 8.15. The largest absolute Gasteiger partial charge is 0.443 e. The molecule has 0 saturated heterocycles. The van der Waals surface area contributed by atoms with Gasteiger partial charge in [-0.25, -0.2) is 4.98 Å². The van der Waals surface area contributed by atoms with Gasteiger partial charge in [0, 0.05) is 18.8 Å². The molecule has 0 fully saturated rings. The highest BCUT2D eigenvalue weighted by Gasteiger charge is 2.08. The van der Waals surface area contributed by atoms with Gasteiger partial charge < -0.3 is 9.32 Å². The van der Waals surface area contributed by atoms with Crippen molar-refractivity contribution in [3.8, 4) is 0 Å². The smallest absolute Gasteiger partial charge is 0.320 e. The summed E-state index contributed by atoms with van der Waals surface area (Å²) in [5.74, 6) is 0. The number of amides is 1. The van der Waals surface area contributed by atoms with Gasteiger partial charge in [0.15, 0.2) is 12.0 Å². The zero-order chi connectivity index (χ0) is 10.1. The molecule has 0 N–H and O–H groups in total. The van der Waals surface area contributed by atoms with Crippen molar-refractivity contribution in [2.24, 2.45) is 0 Å². The molecular weight excluding hydrogens is 204 g/mol. The molecule has 0 atom stereocenters. The first-order chi connectivity index (χ1) is 6.68. The molecule has 0 aliphatic carbocycles. The summed E-state index contributed by atoms with van der Waals surface area (Å²) in [4.78, 5) is 16.1. The van der Waals surface area contributed by atoms with E-state index < -0.39 is 5.37 Å². The Kier molecular flexibility index (Phi) is 2.13. The number of hydrogen-bond donors (Lipinski definition) is 0. The zero-order valence-electron chi connectivity index (χ0n) is 7.40. The fourth-order valence-corrected chi connectivity index (χ4v) is 1.25. The summed E-state index contributed by atoms with van der Waals surface area (Å²) in [5.41, 5.74) is 2.06. The number of hydrogen-bond acceptors (Lipinski definition) is 3. The predicted molar refractivity (Wildman–Crippen MR) is 53.7 cm³/mol. The van der Waals surface area contributed by atoms with Gasteiger partial charge in [-0.2, -0.15) is 0 Å². The van der Waals surface area contributed by atoms with Gasteiger partial charge in [0.25, 0.3) is 0 Å². The Hall–Kier alpha value is -1.55. The maximum Gasteiger partial charge on any atom is 0.320 e. The fraction of sp³-hybridized carbons (Fsp3) is 0.111. The second kappa shape index (κ2) is 3.31. The predicted octanol–water partition coefficient (Wildman–Crippen LogP) is 2.62. The van der Waals surface area contributed by atoms with E-state index in [4.69, 9.17) is 16.0 Å². The van der Waals surface area contributed by atoms with Gasteiger partial charge in [0.05, 0.1) is 0 Å². The maximum absolute atomic E-state index is 10.9. The lowest BCUT2D eigenvalue weighted by atomic mass is 10.3. The van der Waals surface area contributed by atoms with Crippen LogP contribution in [0.15, 0.2) is 29.0 Å². The second-order valence-corrected chi connectivity index (χ2v) is 3.14. The lowest BCUT2D eigenvalue weighted by molar-refractivity contribution is 0.265. The third kappa shape index (κ3) is 1.44. The summed E-state index contributed by atoms with van der Waals surface area (Å²) in [7, 11) is 1.59. The van der Waals surface area contributed by atoms with Gasteiger partial charge in [-0.1, -0.05) is 0 Å². The van der Waals surface area contributed by atoms with Crippen LogP contribution in [-0.4, -0.2) is 17.4 Å². The molecule has 72 valence electrons. The number of carbonyl (C=O) groups excluding carboxylic acids is 1. The molecule has 2 rings (SSSR count). The lowest BCUT2D eigenvalue weighted by Gasteiger charge is -2.12. The molecule has 1 aromatic carbocycles. The minimum atomic E-state index is -0.538. The number of carbonyl (C=O) groups is 1. The number of nitrogens with zero attached hydrogens (tertiary/aromatic N) is 2. The Labute approximate surface area is 85.1 Å². The van der Waals surface area contributed by atoms with Gasteiger partial charge in [0.2, 0.25) is 0 Å². The van der Waals surface area contributed by atoms with E-state index in [-0.39, 0.29) is 0 Å². The topological polar surface area (TPSA) is 46.3 Å². The summed E-state index contributed by atoms with van der Waals surface area (Å²) in [5, 5.41) is -0.538. The number of oxazole rings is 1. The van der Waals surface area contributed by atoms with E-state index in [2.05, 4.69) is 4.98 Å². The molecule has 0 unspecified atom stereocenters. The van der Waals surface area contributed by atoms with Crippen molar-refractivity contribution in [2.45, 2.75) is 0 Å². The molecular formula is C9H7ClN2O2. The molecule has 14 heavy (non-hydrogen) atoms. The molecule has 0 aliphatic heterocycles. The first-order valence-electron chi connectivity index (χ1n) is 3.95. The van der Waals surface area contributed by atoms with Crippen molar-refractivity contribution in [3.63, 3.8) is 0 Å². The van der Waals surface area contributed by atoms with E-state index in [1.54, 1.807) is 25.2 Å². The van der Waals surface area contributed by atoms with Crippen molar-refractivity contribution in [3.05, 3.63) is 24.6 Å². The normalized spacial score (nSPS) is 10.4. The van der Waals surface area contributed by atoms with Gasteiger partial charge in [-0.3, -0.25) is 4.79 Å². The van der Waals surface area contributed by atoms with E-state index >= 15 is 0 Å². The molecule has 1 heterocycles. The Morgan fingerprint density at radius 2 is 2.36 bits per heavy atom. The highest BCUT2D eigenvalue weighted by Crippen LogP contribution is 2.21. The van der Waals surface area contributed by atoms with Gasteiger partial charge in [-0.15, -0.1) is 0 Å². The Bertz CT molecular complexity index is 480. The summed E-state index contributed by atoms with van der Waals surface area (Å²) in [6.45, 7) is 0. The van der Waals surface area contributed by atoms with Crippen LogP contribution in [0.2, 0.25) is 0 Å². The van der Waals surface area contributed by atoms with Crippen LogP contribution in [0.25, 0.3) is 11.1 Å². The molecule has 0 spiro atoms. The molecule has 5 heteroatoms. The summed E-state index contributed by atoms with van der Waals surface area (Å²) >= 11 is 5.33. The average molecular weight is 211 g/mol. The third-order valence-electron chi connectivity index (χ3n) is 1.97. The monoisotopic (exact) mass is 210 g/mol. The van der Waals surface area contributed by atoms with Crippen LogP contribution in [0.1, 0.15) is 0 Å². The molecule has 1 aromatic heterocycles. The molecule has 0 saturated carbocycles. The standard InChI is InChI=1S/C9H7ClN2O2/c1-12(9(10)13)6-2-3-7-8(4-6)14-5-11-7/h2-5H,1H3. The molecule has 0 aliphatic rings. The molecule has 4 nitrogen and oxygen atoms in total. The SMILES string of the molecule is CN(C(=O)Cl)c1ccc2ncoc2c1. The van der Waals surface area contributed by atoms with Crippen LogP contribution in [-0.2, 0) is 0 Å². The third-order valence-corrected chi connectivity index (χ3v) is 2.22. The molecule has 1 amide bonds. The highest BCUT2D eigenvalue weighted by molar-refractivity contribution is 6.66. The minimum Gasteiger partial charge on any atom is -0.443 e. The van der Waals surface area contributed by atoms with E-state index in [1.807, 2.05) is 0 Å². The number of halogens is 1. The highest BCUT2D eigenvalue weighted by atomic mass is 35.5. The average Bonchev–Trinajstić information content (AvgIpc) is 2.62. The van der Waals surface area contributed by atoms with E-state index in [9.17, 15) is 4.79 Å². The Morgan fingerprint density at radius 3 is 3.07 bits per heavy atom.